The standard InChI is InChI=1S/C11H21NO3/c1-2-15-8-5-11(14)12-6-3-10(9-13)4-7-12/h10,13H,2-9H2,1H3. The van der Waals surface area contributed by atoms with Crippen molar-refractivity contribution < 1.29 is 14.6 Å². The maximum Gasteiger partial charge on any atom is 0.224 e. The first-order valence-electron chi connectivity index (χ1n) is 5.74. The van der Waals surface area contributed by atoms with E-state index in [2.05, 4.69) is 0 Å². The van der Waals surface area contributed by atoms with Crippen molar-refractivity contribution in [2.24, 2.45) is 5.92 Å². The van der Waals surface area contributed by atoms with Crippen molar-refractivity contribution in [2.75, 3.05) is 32.9 Å². The molecule has 1 heterocycles. The number of hydrogen-bond donors (Lipinski definition) is 1. The van der Waals surface area contributed by atoms with Gasteiger partial charge in [0.2, 0.25) is 5.91 Å². The lowest BCUT2D eigenvalue weighted by Crippen LogP contribution is -2.39. The van der Waals surface area contributed by atoms with Gasteiger partial charge in [0.1, 0.15) is 0 Å². The average Bonchev–Trinajstić information content (AvgIpc) is 2.29. The smallest absolute Gasteiger partial charge is 0.224 e. The molecule has 4 nitrogen and oxygen atoms in total. The van der Waals surface area contributed by atoms with E-state index in [0.717, 1.165) is 25.9 Å². The molecule has 0 bridgehead atoms. The third-order valence-electron chi connectivity index (χ3n) is 2.89. The number of carbonyl (C=O) groups is 1. The summed E-state index contributed by atoms with van der Waals surface area (Å²) in [5, 5.41) is 8.97. The summed E-state index contributed by atoms with van der Waals surface area (Å²) in [6.07, 6.45) is 2.34. The van der Waals surface area contributed by atoms with Gasteiger partial charge in [-0.15, -0.1) is 0 Å². The molecule has 1 N–H and O–H groups in total. The fraction of sp³-hybridized carbons (Fsp3) is 0.909. The molecule has 0 spiro atoms. The van der Waals surface area contributed by atoms with Gasteiger partial charge in [-0.1, -0.05) is 0 Å². The number of nitrogens with zero attached hydrogens (tertiary/aromatic N) is 1. The highest BCUT2D eigenvalue weighted by Gasteiger charge is 2.21. The molecule has 4 heteroatoms. The summed E-state index contributed by atoms with van der Waals surface area (Å²) < 4.78 is 5.15. The van der Waals surface area contributed by atoms with Crippen LogP contribution < -0.4 is 0 Å². The number of amides is 1. The highest BCUT2D eigenvalue weighted by atomic mass is 16.5. The normalized spacial score (nSPS) is 18.1. The lowest BCUT2D eigenvalue weighted by Gasteiger charge is -2.31. The van der Waals surface area contributed by atoms with Crippen LogP contribution in [0.4, 0.5) is 0 Å². The highest BCUT2D eigenvalue weighted by Crippen LogP contribution is 2.16. The van der Waals surface area contributed by atoms with E-state index in [1.807, 2.05) is 11.8 Å². The summed E-state index contributed by atoms with van der Waals surface area (Å²) >= 11 is 0. The van der Waals surface area contributed by atoms with Gasteiger partial charge in [0.25, 0.3) is 0 Å². The molecule has 1 aliphatic heterocycles. The molecule has 1 saturated heterocycles. The van der Waals surface area contributed by atoms with Gasteiger partial charge in [0, 0.05) is 26.3 Å². The number of likely N-dealkylation sites (tertiary alicyclic amines) is 1. The number of aliphatic hydroxyl groups excluding tert-OH is 1. The van der Waals surface area contributed by atoms with Crippen molar-refractivity contribution in [3.63, 3.8) is 0 Å². The molecule has 1 rings (SSSR count). The molecule has 15 heavy (non-hydrogen) atoms. The van der Waals surface area contributed by atoms with Gasteiger partial charge in [0.05, 0.1) is 13.0 Å². The van der Waals surface area contributed by atoms with E-state index in [1.165, 1.54) is 0 Å². The molecule has 0 radical (unpaired) electrons. The predicted molar refractivity (Wildman–Crippen MR) is 57.5 cm³/mol. The summed E-state index contributed by atoms with van der Waals surface area (Å²) in [4.78, 5) is 13.5. The van der Waals surface area contributed by atoms with Crippen LogP contribution in [0.3, 0.4) is 0 Å². The Morgan fingerprint density at radius 3 is 2.67 bits per heavy atom. The zero-order chi connectivity index (χ0) is 11.1. The molecule has 0 aromatic rings. The highest BCUT2D eigenvalue weighted by molar-refractivity contribution is 5.76. The van der Waals surface area contributed by atoms with Crippen LogP contribution >= 0.6 is 0 Å². The van der Waals surface area contributed by atoms with Gasteiger partial charge >= 0.3 is 0 Å². The number of carbonyl (C=O) groups excluding carboxylic acids is 1. The molecule has 0 saturated carbocycles. The number of hydrogen-bond acceptors (Lipinski definition) is 3. The molecule has 0 aliphatic carbocycles. The molecular weight excluding hydrogens is 194 g/mol. The van der Waals surface area contributed by atoms with Crippen LogP contribution in [0.1, 0.15) is 26.2 Å². The molecule has 0 atom stereocenters. The molecular formula is C11H21NO3. The summed E-state index contributed by atoms with van der Waals surface area (Å²) in [6, 6.07) is 0. The Hall–Kier alpha value is -0.610. The Balaban J connectivity index is 2.18. The van der Waals surface area contributed by atoms with E-state index < -0.39 is 0 Å². The fourth-order valence-corrected chi connectivity index (χ4v) is 1.83. The van der Waals surface area contributed by atoms with Crippen molar-refractivity contribution in [3.05, 3.63) is 0 Å². The van der Waals surface area contributed by atoms with Crippen molar-refractivity contribution in [2.45, 2.75) is 26.2 Å². The van der Waals surface area contributed by atoms with Crippen LogP contribution in [0.15, 0.2) is 0 Å². The minimum Gasteiger partial charge on any atom is -0.396 e. The molecule has 0 unspecified atom stereocenters. The molecule has 1 aliphatic rings. The van der Waals surface area contributed by atoms with E-state index in [-0.39, 0.29) is 12.5 Å². The van der Waals surface area contributed by atoms with Crippen molar-refractivity contribution in [1.82, 2.24) is 4.90 Å². The summed E-state index contributed by atoms with van der Waals surface area (Å²) in [7, 11) is 0. The Bertz CT molecular complexity index is 188. The van der Waals surface area contributed by atoms with Crippen LogP contribution in [0, 0.1) is 5.92 Å². The summed E-state index contributed by atoms with van der Waals surface area (Å²) in [5.74, 6) is 0.570. The van der Waals surface area contributed by atoms with Crippen LogP contribution in [-0.4, -0.2) is 48.8 Å². The van der Waals surface area contributed by atoms with Crippen molar-refractivity contribution in [1.29, 1.82) is 0 Å². The maximum absolute atomic E-state index is 11.7. The number of rotatable bonds is 5. The SMILES string of the molecule is CCOCCC(=O)N1CCC(CO)CC1. The quantitative estimate of drug-likeness (QED) is 0.685. The van der Waals surface area contributed by atoms with E-state index in [1.54, 1.807) is 0 Å². The van der Waals surface area contributed by atoms with Crippen LogP contribution in [0.2, 0.25) is 0 Å². The average molecular weight is 215 g/mol. The Labute approximate surface area is 91.2 Å². The number of aliphatic hydroxyl groups is 1. The zero-order valence-corrected chi connectivity index (χ0v) is 9.45. The molecule has 0 aromatic heterocycles. The second kappa shape index (κ2) is 6.80. The van der Waals surface area contributed by atoms with Gasteiger partial charge in [0.15, 0.2) is 0 Å². The zero-order valence-electron chi connectivity index (χ0n) is 9.45. The van der Waals surface area contributed by atoms with Gasteiger partial charge in [-0.25, -0.2) is 0 Å². The predicted octanol–water partition coefficient (Wildman–Crippen LogP) is 0.644. The largest absolute Gasteiger partial charge is 0.396 e. The second-order valence-electron chi connectivity index (χ2n) is 3.95. The monoisotopic (exact) mass is 215 g/mol. The van der Waals surface area contributed by atoms with E-state index in [0.29, 0.717) is 25.6 Å². The topological polar surface area (TPSA) is 49.8 Å². The van der Waals surface area contributed by atoms with Gasteiger partial charge in [-0.05, 0) is 25.7 Å². The van der Waals surface area contributed by atoms with Crippen LogP contribution in [0.5, 0.6) is 0 Å². The molecule has 1 fully saturated rings. The number of ether oxygens (including phenoxy) is 1. The first-order valence-corrected chi connectivity index (χ1v) is 5.74. The third kappa shape index (κ3) is 4.18. The van der Waals surface area contributed by atoms with E-state index in [9.17, 15) is 4.79 Å². The summed E-state index contributed by atoms with van der Waals surface area (Å²) in [6.45, 7) is 4.94. The van der Waals surface area contributed by atoms with Crippen LogP contribution in [0.25, 0.3) is 0 Å². The Morgan fingerprint density at radius 2 is 2.13 bits per heavy atom. The fourth-order valence-electron chi connectivity index (χ4n) is 1.83. The lowest BCUT2D eigenvalue weighted by molar-refractivity contribution is -0.133. The van der Waals surface area contributed by atoms with E-state index >= 15 is 0 Å². The van der Waals surface area contributed by atoms with Gasteiger partial charge < -0.3 is 14.7 Å². The minimum atomic E-state index is 0.180. The third-order valence-corrected chi connectivity index (χ3v) is 2.89. The van der Waals surface area contributed by atoms with Crippen LogP contribution in [-0.2, 0) is 9.53 Å². The second-order valence-corrected chi connectivity index (χ2v) is 3.95. The van der Waals surface area contributed by atoms with Crippen molar-refractivity contribution >= 4 is 5.91 Å². The molecule has 88 valence electrons. The van der Waals surface area contributed by atoms with Crippen molar-refractivity contribution in [3.8, 4) is 0 Å². The van der Waals surface area contributed by atoms with E-state index in [4.69, 9.17) is 9.84 Å². The van der Waals surface area contributed by atoms with Gasteiger partial charge in [-0.2, -0.15) is 0 Å². The van der Waals surface area contributed by atoms with Gasteiger partial charge in [-0.3, -0.25) is 4.79 Å². The lowest BCUT2D eigenvalue weighted by atomic mass is 9.98. The first kappa shape index (κ1) is 12.5. The number of piperidine rings is 1. The first-order chi connectivity index (χ1) is 7.27. The Morgan fingerprint density at radius 1 is 1.47 bits per heavy atom. The maximum atomic E-state index is 11.7. The Kier molecular flexibility index (Phi) is 5.65. The molecule has 0 aromatic carbocycles. The molecule has 1 amide bonds. The minimum absolute atomic E-state index is 0.180. The summed E-state index contributed by atoms with van der Waals surface area (Å²) in [5.41, 5.74) is 0.